The lowest BCUT2D eigenvalue weighted by Crippen LogP contribution is -2.37. The first kappa shape index (κ1) is 14.8. The van der Waals surface area contributed by atoms with Crippen molar-refractivity contribution in [1.82, 2.24) is 4.98 Å². The number of rotatable bonds is 3. The molecule has 0 spiro atoms. The van der Waals surface area contributed by atoms with E-state index in [1.807, 2.05) is 6.20 Å². The summed E-state index contributed by atoms with van der Waals surface area (Å²) in [6, 6.07) is 2.78. The Bertz CT molecular complexity index is 431. The van der Waals surface area contributed by atoms with Crippen LogP contribution < -0.4 is 5.32 Å². The Morgan fingerprint density at radius 3 is 2.74 bits per heavy atom. The smallest absolute Gasteiger partial charge is 0.109 e. The van der Waals surface area contributed by atoms with Gasteiger partial charge in [0.1, 0.15) is 4.60 Å². The van der Waals surface area contributed by atoms with Gasteiger partial charge in [0.25, 0.3) is 0 Å². The average molecular weight is 325 g/mol. The highest BCUT2D eigenvalue weighted by molar-refractivity contribution is 9.10. The molecule has 1 aliphatic carbocycles. The van der Waals surface area contributed by atoms with Crippen molar-refractivity contribution >= 4 is 21.6 Å². The fourth-order valence-corrected chi connectivity index (χ4v) is 3.44. The zero-order valence-electron chi connectivity index (χ0n) is 12.4. The molecule has 3 heteroatoms. The number of hydrogen-bond acceptors (Lipinski definition) is 2. The van der Waals surface area contributed by atoms with E-state index >= 15 is 0 Å². The Morgan fingerprint density at radius 2 is 2.11 bits per heavy atom. The lowest BCUT2D eigenvalue weighted by Gasteiger charge is -2.38. The molecular formula is C16H25BrN2. The van der Waals surface area contributed by atoms with E-state index in [2.05, 4.69) is 60.0 Å². The summed E-state index contributed by atoms with van der Waals surface area (Å²) in [4.78, 5) is 4.39. The molecular weight excluding hydrogens is 300 g/mol. The van der Waals surface area contributed by atoms with Crippen LogP contribution >= 0.6 is 15.9 Å². The van der Waals surface area contributed by atoms with Gasteiger partial charge in [0.15, 0.2) is 0 Å². The van der Waals surface area contributed by atoms with Gasteiger partial charge in [-0.2, -0.15) is 0 Å². The zero-order valence-corrected chi connectivity index (χ0v) is 14.0. The molecule has 0 aromatic carbocycles. The van der Waals surface area contributed by atoms with Gasteiger partial charge in [-0.15, -0.1) is 0 Å². The topological polar surface area (TPSA) is 24.9 Å². The van der Waals surface area contributed by atoms with Crippen molar-refractivity contribution in [3.8, 4) is 0 Å². The predicted molar refractivity (Wildman–Crippen MR) is 85.4 cm³/mol. The van der Waals surface area contributed by atoms with Gasteiger partial charge >= 0.3 is 0 Å². The molecule has 3 atom stereocenters. The first-order valence-corrected chi connectivity index (χ1v) is 8.15. The Balaban J connectivity index is 2.11. The van der Waals surface area contributed by atoms with Gasteiger partial charge in [-0.3, -0.25) is 0 Å². The summed E-state index contributed by atoms with van der Waals surface area (Å²) in [5.41, 5.74) is 2.35. The fourth-order valence-electron chi connectivity index (χ4n) is 3.22. The third-order valence-electron chi connectivity index (χ3n) is 4.39. The molecule has 3 unspecified atom stereocenters. The summed E-state index contributed by atoms with van der Waals surface area (Å²) < 4.78 is 0.940. The summed E-state index contributed by atoms with van der Waals surface area (Å²) in [7, 11) is 0. The molecule has 1 aromatic rings. The standard InChI is InChI=1S/C16H25BrN2/c1-10(2)14-6-5-11(3)7-15(14)19-13-8-12(4)16(17)18-9-13/h8-11,14-15,19H,5-7H2,1-4H3. The third-order valence-corrected chi connectivity index (χ3v) is 5.22. The molecule has 2 nitrogen and oxygen atoms in total. The van der Waals surface area contributed by atoms with Crippen molar-refractivity contribution in [3.05, 3.63) is 22.4 Å². The second-order valence-electron chi connectivity index (χ2n) is 6.41. The second-order valence-corrected chi connectivity index (χ2v) is 7.16. The van der Waals surface area contributed by atoms with Gasteiger partial charge in [-0.1, -0.05) is 27.2 Å². The summed E-state index contributed by atoms with van der Waals surface area (Å²) in [6.45, 7) is 9.16. The van der Waals surface area contributed by atoms with Crippen LogP contribution in [0.15, 0.2) is 16.9 Å². The first-order chi connectivity index (χ1) is 8.97. The molecule has 0 aliphatic heterocycles. The van der Waals surface area contributed by atoms with Gasteiger partial charge in [0.05, 0.1) is 11.9 Å². The van der Waals surface area contributed by atoms with Crippen molar-refractivity contribution < 1.29 is 0 Å². The van der Waals surface area contributed by atoms with Gasteiger partial charge < -0.3 is 5.32 Å². The zero-order chi connectivity index (χ0) is 14.0. The van der Waals surface area contributed by atoms with Crippen LogP contribution in [0.25, 0.3) is 0 Å². The summed E-state index contributed by atoms with van der Waals surface area (Å²) >= 11 is 3.46. The maximum absolute atomic E-state index is 4.39. The van der Waals surface area contributed by atoms with Crippen molar-refractivity contribution in [2.45, 2.75) is 53.0 Å². The number of aromatic nitrogens is 1. The molecule has 1 saturated carbocycles. The maximum atomic E-state index is 4.39. The van der Waals surface area contributed by atoms with Gasteiger partial charge in [-0.25, -0.2) is 4.98 Å². The van der Waals surface area contributed by atoms with Gasteiger partial charge in [0, 0.05) is 6.04 Å². The molecule has 2 rings (SSSR count). The predicted octanol–water partition coefficient (Wildman–Crippen LogP) is 5.03. The van der Waals surface area contributed by atoms with Crippen LogP contribution in [-0.4, -0.2) is 11.0 Å². The lowest BCUT2D eigenvalue weighted by molar-refractivity contribution is 0.212. The Hall–Kier alpha value is -0.570. The Morgan fingerprint density at radius 1 is 1.37 bits per heavy atom. The largest absolute Gasteiger partial charge is 0.381 e. The quantitative estimate of drug-likeness (QED) is 0.789. The van der Waals surface area contributed by atoms with E-state index in [0.29, 0.717) is 6.04 Å². The van der Waals surface area contributed by atoms with Crippen molar-refractivity contribution in [2.24, 2.45) is 17.8 Å². The molecule has 106 valence electrons. The van der Waals surface area contributed by atoms with E-state index in [1.54, 1.807) is 0 Å². The molecule has 0 amide bonds. The van der Waals surface area contributed by atoms with Crippen LogP contribution in [0.2, 0.25) is 0 Å². The molecule has 0 radical (unpaired) electrons. The molecule has 19 heavy (non-hydrogen) atoms. The Labute approximate surface area is 125 Å². The van der Waals surface area contributed by atoms with Crippen molar-refractivity contribution in [3.63, 3.8) is 0 Å². The normalized spacial score (nSPS) is 27.6. The summed E-state index contributed by atoms with van der Waals surface area (Å²) in [5.74, 6) is 2.35. The molecule has 1 aromatic heterocycles. The molecule has 0 saturated heterocycles. The van der Waals surface area contributed by atoms with Crippen LogP contribution in [-0.2, 0) is 0 Å². The highest BCUT2D eigenvalue weighted by Crippen LogP contribution is 2.35. The number of nitrogens with zero attached hydrogens (tertiary/aromatic N) is 1. The van der Waals surface area contributed by atoms with Crippen LogP contribution in [0.1, 0.15) is 45.6 Å². The summed E-state index contributed by atoms with van der Waals surface area (Å²) in [6.07, 6.45) is 5.93. The molecule has 1 N–H and O–H groups in total. The van der Waals surface area contributed by atoms with E-state index in [9.17, 15) is 0 Å². The fraction of sp³-hybridized carbons (Fsp3) is 0.688. The second kappa shape index (κ2) is 6.25. The SMILES string of the molecule is Cc1cc(NC2CC(C)CCC2C(C)C)cnc1Br. The van der Waals surface area contributed by atoms with Crippen LogP contribution in [0.3, 0.4) is 0 Å². The van der Waals surface area contributed by atoms with Crippen LogP contribution in [0.4, 0.5) is 5.69 Å². The maximum Gasteiger partial charge on any atom is 0.109 e. The third kappa shape index (κ3) is 3.71. The highest BCUT2D eigenvalue weighted by atomic mass is 79.9. The average Bonchev–Trinajstić information content (AvgIpc) is 2.33. The van der Waals surface area contributed by atoms with E-state index in [4.69, 9.17) is 0 Å². The van der Waals surface area contributed by atoms with Crippen molar-refractivity contribution in [1.29, 1.82) is 0 Å². The number of halogens is 1. The number of pyridine rings is 1. The van der Waals surface area contributed by atoms with E-state index in [0.717, 1.165) is 28.0 Å². The van der Waals surface area contributed by atoms with E-state index in [-0.39, 0.29) is 0 Å². The Kier molecular flexibility index (Phi) is 4.88. The minimum absolute atomic E-state index is 0.589. The van der Waals surface area contributed by atoms with Gasteiger partial charge in [0.2, 0.25) is 0 Å². The minimum atomic E-state index is 0.589. The van der Waals surface area contributed by atoms with Crippen LogP contribution in [0.5, 0.6) is 0 Å². The molecule has 1 fully saturated rings. The van der Waals surface area contributed by atoms with Crippen molar-refractivity contribution in [2.75, 3.05) is 5.32 Å². The molecule has 1 aliphatic rings. The monoisotopic (exact) mass is 324 g/mol. The first-order valence-electron chi connectivity index (χ1n) is 7.36. The minimum Gasteiger partial charge on any atom is -0.381 e. The molecule has 0 bridgehead atoms. The van der Waals surface area contributed by atoms with Crippen LogP contribution in [0, 0.1) is 24.7 Å². The molecule has 1 heterocycles. The lowest BCUT2D eigenvalue weighted by atomic mass is 9.74. The number of hydrogen-bond donors (Lipinski definition) is 1. The van der Waals surface area contributed by atoms with E-state index in [1.165, 1.54) is 24.8 Å². The highest BCUT2D eigenvalue weighted by Gasteiger charge is 2.30. The number of aryl methyl sites for hydroxylation is 1. The number of nitrogens with one attached hydrogen (secondary N) is 1. The summed E-state index contributed by atoms with van der Waals surface area (Å²) in [5, 5.41) is 3.73. The van der Waals surface area contributed by atoms with Gasteiger partial charge in [-0.05, 0) is 65.1 Å². The number of anilines is 1. The van der Waals surface area contributed by atoms with E-state index < -0.39 is 0 Å².